The van der Waals surface area contributed by atoms with E-state index in [0.717, 1.165) is 33.8 Å². The minimum absolute atomic E-state index is 0.278. The van der Waals surface area contributed by atoms with Gasteiger partial charge in [0.1, 0.15) is 29.5 Å². The second-order valence-electron chi connectivity index (χ2n) is 9.21. The van der Waals surface area contributed by atoms with Crippen molar-refractivity contribution in [2.75, 3.05) is 19.0 Å². The topological polar surface area (TPSA) is 110 Å². The van der Waals surface area contributed by atoms with Crippen molar-refractivity contribution in [1.82, 2.24) is 23.9 Å². The van der Waals surface area contributed by atoms with Crippen molar-refractivity contribution >= 4 is 34.1 Å². The Morgan fingerprint density at radius 1 is 1.24 bits per heavy atom. The molecule has 1 saturated heterocycles. The molecule has 4 aromatic heterocycles. The predicted octanol–water partition coefficient (Wildman–Crippen LogP) is 2.90. The summed E-state index contributed by atoms with van der Waals surface area (Å²) in [5.41, 5.74) is 2.81. The summed E-state index contributed by atoms with van der Waals surface area (Å²) >= 11 is 6.61. The van der Waals surface area contributed by atoms with E-state index >= 15 is 0 Å². The first-order valence-corrected chi connectivity index (χ1v) is 11.4. The van der Waals surface area contributed by atoms with Gasteiger partial charge in [0.2, 0.25) is 0 Å². The maximum absolute atomic E-state index is 11.2. The number of rotatable bonds is 3. The number of ether oxygens (including phenoxy) is 1. The van der Waals surface area contributed by atoms with Crippen molar-refractivity contribution in [3.05, 3.63) is 53.3 Å². The normalized spacial score (nSPS) is 29.6. The number of halogens is 1. The summed E-state index contributed by atoms with van der Waals surface area (Å²) in [6.45, 7) is 2.32. The molecule has 10 heteroatoms. The number of aromatic nitrogens is 5. The molecule has 4 aromatic rings. The van der Waals surface area contributed by atoms with Gasteiger partial charge in [-0.15, -0.1) is 0 Å². The predicted molar refractivity (Wildman–Crippen MR) is 123 cm³/mol. The molecule has 5 atom stereocenters. The Morgan fingerprint density at radius 3 is 2.91 bits per heavy atom. The summed E-state index contributed by atoms with van der Waals surface area (Å²) in [6, 6.07) is 3.55. The number of aryl methyl sites for hydroxylation is 1. The minimum atomic E-state index is -0.941. The molecule has 6 rings (SSSR count). The lowest BCUT2D eigenvalue weighted by Crippen LogP contribution is -2.37. The molecule has 0 bridgehead atoms. The van der Waals surface area contributed by atoms with E-state index in [2.05, 4.69) is 20.3 Å². The molecular weight excluding hydrogens is 444 g/mol. The van der Waals surface area contributed by atoms with Crippen LogP contribution in [0.3, 0.4) is 0 Å². The highest BCUT2D eigenvalue weighted by Gasteiger charge is 2.57. The molecule has 33 heavy (non-hydrogen) atoms. The van der Waals surface area contributed by atoms with Gasteiger partial charge in [0.25, 0.3) is 0 Å². The van der Waals surface area contributed by atoms with Crippen LogP contribution in [0.1, 0.15) is 36.2 Å². The van der Waals surface area contributed by atoms with Crippen LogP contribution in [-0.4, -0.2) is 60.0 Å². The van der Waals surface area contributed by atoms with Gasteiger partial charge < -0.3 is 29.2 Å². The Balaban J connectivity index is 1.32. The SMILES string of the molecule is CNc1ncnc2c1ccn2[C@@H]1C[C@@]2(CO[C@@H](c3cc4ncc(C)n4cc3Cl)C2)[C@@H](O)[C@H]1O. The van der Waals surface area contributed by atoms with Crippen LogP contribution in [-0.2, 0) is 4.74 Å². The Morgan fingerprint density at radius 2 is 2.09 bits per heavy atom. The van der Waals surface area contributed by atoms with E-state index in [-0.39, 0.29) is 12.1 Å². The number of aliphatic hydroxyl groups excluding tert-OH is 2. The summed E-state index contributed by atoms with van der Waals surface area (Å²) in [7, 11) is 1.81. The summed E-state index contributed by atoms with van der Waals surface area (Å²) in [5, 5.41) is 26.8. The van der Waals surface area contributed by atoms with Crippen LogP contribution in [0.25, 0.3) is 16.7 Å². The number of nitrogens with zero attached hydrogens (tertiary/aromatic N) is 5. The molecule has 0 aromatic carbocycles. The smallest absolute Gasteiger partial charge is 0.145 e. The molecule has 2 fully saturated rings. The number of hydrogen-bond acceptors (Lipinski definition) is 7. The fraction of sp³-hybridized carbons (Fsp3) is 0.435. The number of nitrogens with one attached hydrogen (secondary N) is 1. The quantitative estimate of drug-likeness (QED) is 0.424. The van der Waals surface area contributed by atoms with Crippen LogP contribution in [0.2, 0.25) is 5.02 Å². The average Bonchev–Trinajstić information content (AvgIpc) is 3.57. The van der Waals surface area contributed by atoms with E-state index < -0.39 is 17.6 Å². The molecule has 0 unspecified atom stereocenters. The van der Waals surface area contributed by atoms with Gasteiger partial charge in [-0.25, -0.2) is 15.0 Å². The zero-order chi connectivity index (χ0) is 22.9. The number of imidazole rings is 1. The van der Waals surface area contributed by atoms with Gasteiger partial charge in [0.05, 0.1) is 35.3 Å². The molecule has 5 heterocycles. The van der Waals surface area contributed by atoms with E-state index in [1.807, 2.05) is 47.5 Å². The van der Waals surface area contributed by atoms with Gasteiger partial charge in [-0.05, 0) is 31.9 Å². The molecule has 1 aliphatic carbocycles. The first-order valence-electron chi connectivity index (χ1n) is 11.0. The van der Waals surface area contributed by atoms with Crippen molar-refractivity contribution in [2.24, 2.45) is 5.41 Å². The van der Waals surface area contributed by atoms with E-state index in [1.165, 1.54) is 6.33 Å². The Kier molecular flexibility index (Phi) is 4.67. The second-order valence-corrected chi connectivity index (χ2v) is 9.62. The lowest BCUT2D eigenvalue weighted by molar-refractivity contribution is -0.0309. The van der Waals surface area contributed by atoms with E-state index in [0.29, 0.717) is 24.5 Å². The first kappa shape index (κ1) is 20.9. The van der Waals surface area contributed by atoms with Gasteiger partial charge in [0.15, 0.2) is 0 Å². The van der Waals surface area contributed by atoms with E-state index in [9.17, 15) is 10.2 Å². The van der Waals surface area contributed by atoms with Crippen molar-refractivity contribution in [1.29, 1.82) is 0 Å². The number of aliphatic hydroxyl groups is 2. The molecule has 2 aliphatic rings. The molecule has 1 aliphatic heterocycles. The van der Waals surface area contributed by atoms with Crippen molar-refractivity contribution < 1.29 is 14.9 Å². The average molecular weight is 469 g/mol. The van der Waals surface area contributed by atoms with Crippen LogP contribution in [0.4, 0.5) is 5.82 Å². The second kappa shape index (κ2) is 7.39. The van der Waals surface area contributed by atoms with Crippen LogP contribution >= 0.6 is 11.6 Å². The van der Waals surface area contributed by atoms with Crippen LogP contribution in [0.5, 0.6) is 0 Å². The van der Waals surface area contributed by atoms with Gasteiger partial charge >= 0.3 is 0 Å². The Bertz CT molecular complexity index is 1370. The van der Waals surface area contributed by atoms with Gasteiger partial charge in [-0.2, -0.15) is 0 Å². The lowest BCUT2D eigenvalue weighted by atomic mass is 9.80. The molecule has 9 nitrogen and oxygen atoms in total. The Labute approximate surface area is 195 Å². The van der Waals surface area contributed by atoms with E-state index in [4.69, 9.17) is 16.3 Å². The number of hydrogen-bond donors (Lipinski definition) is 3. The highest BCUT2D eigenvalue weighted by atomic mass is 35.5. The van der Waals surface area contributed by atoms with Gasteiger partial charge in [-0.1, -0.05) is 11.6 Å². The monoisotopic (exact) mass is 468 g/mol. The summed E-state index contributed by atoms with van der Waals surface area (Å²) in [4.78, 5) is 13.1. The van der Waals surface area contributed by atoms with Crippen molar-refractivity contribution in [3.63, 3.8) is 0 Å². The maximum Gasteiger partial charge on any atom is 0.145 e. The first-order chi connectivity index (χ1) is 15.9. The Hall–Kier alpha value is -2.72. The molecule has 3 N–H and O–H groups in total. The van der Waals surface area contributed by atoms with Gasteiger partial charge in [0, 0.05) is 42.3 Å². The van der Waals surface area contributed by atoms with Crippen molar-refractivity contribution in [3.8, 4) is 0 Å². The summed E-state index contributed by atoms with van der Waals surface area (Å²) in [6.07, 6.45) is 6.05. The lowest BCUT2D eigenvalue weighted by Gasteiger charge is -2.26. The number of fused-ring (bicyclic) bond motifs is 2. The summed E-state index contributed by atoms with van der Waals surface area (Å²) < 4.78 is 10.1. The highest BCUT2D eigenvalue weighted by Crippen LogP contribution is 2.55. The van der Waals surface area contributed by atoms with Crippen LogP contribution in [0, 0.1) is 12.3 Å². The van der Waals surface area contributed by atoms with Crippen LogP contribution in [0.15, 0.2) is 37.1 Å². The van der Waals surface area contributed by atoms with E-state index in [1.54, 1.807) is 6.20 Å². The fourth-order valence-corrected chi connectivity index (χ4v) is 5.89. The number of pyridine rings is 1. The molecule has 1 spiro atoms. The van der Waals surface area contributed by atoms with Gasteiger partial charge in [-0.3, -0.25) is 0 Å². The molecule has 0 amide bonds. The zero-order valence-electron chi connectivity index (χ0n) is 18.3. The zero-order valence-corrected chi connectivity index (χ0v) is 19.1. The third-order valence-corrected chi connectivity index (χ3v) is 7.70. The third kappa shape index (κ3) is 3.00. The minimum Gasteiger partial charge on any atom is -0.390 e. The largest absolute Gasteiger partial charge is 0.390 e. The molecule has 172 valence electrons. The van der Waals surface area contributed by atoms with Crippen molar-refractivity contribution in [2.45, 2.75) is 44.1 Å². The molecular formula is C23H25ClN6O3. The summed E-state index contributed by atoms with van der Waals surface area (Å²) in [5.74, 6) is 0.727. The highest BCUT2D eigenvalue weighted by molar-refractivity contribution is 6.31. The number of anilines is 1. The fourth-order valence-electron chi connectivity index (χ4n) is 5.62. The maximum atomic E-state index is 11.2. The molecule has 0 radical (unpaired) electrons. The van der Waals surface area contributed by atoms with Crippen LogP contribution < -0.4 is 5.32 Å². The molecule has 1 saturated carbocycles. The standard InChI is InChI=1S/C23H25ClN6O3/c1-12-8-26-18-5-14(15(24)9-30(12)18)17-7-23(10-33-17)6-16(19(31)20(23)32)29-4-3-13-21(25-2)27-11-28-22(13)29/h3-5,8-9,11,16-17,19-20,31-32H,6-7,10H2,1-2H3,(H,25,27,28)/t16-,17-,19+,20+,23-/m1/s1. The third-order valence-electron chi connectivity index (χ3n) is 7.39.